The van der Waals surface area contributed by atoms with Crippen LogP contribution in [0.3, 0.4) is 0 Å². The number of nitro benzene ring substituents is 1. The topological polar surface area (TPSA) is 58.4 Å². The molecule has 1 saturated carbocycles. The smallest absolute Gasteiger partial charge is 0.272 e. The fourth-order valence-corrected chi connectivity index (χ4v) is 2.37. The lowest BCUT2D eigenvalue weighted by Gasteiger charge is -2.19. The Bertz CT molecular complexity index is 486. The molecule has 0 aromatic heterocycles. The second-order valence-electron chi connectivity index (χ2n) is 5.69. The molecule has 1 atom stereocenters. The summed E-state index contributed by atoms with van der Waals surface area (Å²) in [5.74, 6) is 0. The molecule has 1 N–H and O–H groups in total. The number of likely N-dealkylation sites (N-methyl/N-ethyl adjacent to an activating group) is 1. The Morgan fingerprint density at radius 1 is 1.50 bits per heavy atom. The van der Waals surface area contributed by atoms with Crippen LogP contribution in [0.2, 0.25) is 0 Å². The SMILES string of the molecule is Cc1ccc(C(C)NCCN(C)C2CC2)cc1[N+](=O)[O-]. The number of nitrogens with one attached hydrogen (secondary N) is 1. The van der Waals surface area contributed by atoms with Crippen molar-refractivity contribution in [2.45, 2.75) is 38.8 Å². The summed E-state index contributed by atoms with van der Waals surface area (Å²) >= 11 is 0. The van der Waals surface area contributed by atoms with E-state index in [1.54, 1.807) is 13.0 Å². The molecule has 1 fully saturated rings. The zero-order chi connectivity index (χ0) is 14.7. The maximum atomic E-state index is 11.0. The van der Waals surface area contributed by atoms with Gasteiger partial charge in [-0.1, -0.05) is 12.1 Å². The molecule has 5 nitrogen and oxygen atoms in total. The van der Waals surface area contributed by atoms with Crippen molar-refractivity contribution in [1.82, 2.24) is 10.2 Å². The first-order chi connectivity index (χ1) is 9.49. The van der Waals surface area contributed by atoms with Crippen LogP contribution in [0, 0.1) is 17.0 Å². The molecule has 1 aliphatic carbocycles. The van der Waals surface area contributed by atoms with Crippen molar-refractivity contribution in [3.8, 4) is 0 Å². The third-order valence-corrected chi connectivity index (χ3v) is 4.02. The largest absolute Gasteiger partial charge is 0.309 e. The van der Waals surface area contributed by atoms with Crippen LogP contribution in [-0.2, 0) is 0 Å². The van der Waals surface area contributed by atoms with Crippen LogP contribution >= 0.6 is 0 Å². The average Bonchev–Trinajstić information content (AvgIpc) is 3.22. The monoisotopic (exact) mass is 277 g/mol. The van der Waals surface area contributed by atoms with Crippen LogP contribution < -0.4 is 5.32 Å². The molecule has 0 amide bonds. The summed E-state index contributed by atoms with van der Waals surface area (Å²) in [7, 11) is 2.15. The molecule has 1 unspecified atom stereocenters. The fourth-order valence-electron chi connectivity index (χ4n) is 2.37. The van der Waals surface area contributed by atoms with Gasteiger partial charge in [0, 0.05) is 36.8 Å². The van der Waals surface area contributed by atoms with Gasteiger partial charge in [0.1, 0.15) is 0 Å². The normalized spacial score (nSPS) is 16.4. The Morgan fingerprint density at radius 2 is 2.20 bits per heavy atom. The van der Waals surface area contributed by atoms with Crippen molar-refractivity contribution in [3.63, 3.8) is 0 Å². The summed E-state index contributed by atoms with van der Waals surface area (Å²) < 4.78 is 0. The molecular formula is C15H23N3O2. The Balaban J connectivity index is 1.89. The van der Waals surface area contributed by atoms with E-state index in [-0.39, 0.29) is 16.7 Å². The van der Waals surface area contributed by atoms with Crippen LogP contribution in [0.25, 0.3) is 0 Å². The number of benzene rings is 1. The van der Waals surface area contributed by atoms with Gasteiger partial charge < -0.3 is 10.2 Å². The summed E-state index contributed by atoms with van der Waals surface area (Å²) in [4.78, 5) is 13.0. The Hall–Kier alpha value is -1.46. The molecule has 0 spiro atoms. The zero-order valence-electron chi connectivity index (χ0n) is 12.4. The van der Waals surface area contributed by atoms with E-state index in [0.717, 1.165) is 24.7 Å². The van der Waals surface area contributed by atoms with Gasteiger partial charge in [-0.25, -0.2) is 0 Å². The maximum absolute atomic E-state index is 11.0. The highest BCUT2D eigenvalue weighted by Crippen LogP contribution is 2.25. The van der Waals surface area contributed by atoms with E-state index in [9.17, 15) is 10.1 Å². The highest BCUT2D eigenvalue weighted by atomic mass is 16.6. The number of rotatable bonds is 7. The van der Waals surface area contributed by atoms with Crippen molar-refractivity contribution in [3.05, 3.63) is 39.4 Å². The van der Waals surface area contributed by atoms with Crippen molar-refractivity contribution < 1.29 is 4.92 Å². The number of nitro groups is 1. The summed E-state index contributed by atoms with van der Waals surface area (Å²) in [6.45, 7) is 5.73. The van der Waals surface area contributed by atoms with Gasteiger partial charge in [0.15, 0.2) is 0 Å². The number of hydrogen-bond acceptors (Lipinski definition) is 4. The van der Waals surface area contributed by atoms with E-state index in [0.29, 0.717) is 5.56 Å². The van der Waals surface area contributed by atoms with Gasteiger partial charge in [-0.3, -0.25) is 10.1 Å². The highest BCUT2D eigenvalue weighted by molar-refractivity contribution is 5.43. The molecule has 0 radical (unpaired) electrons. The van der Waals surface area contributed by atoms with Crippen molar-refractivity contribution in [2.75, 3.05) is 20.1 Å². The Labute approximate surface area is 120 Å². The van der Waals surface area contributed by atoms with Gasteiger partial charge >= 0.3 is 0 Å². The van der Waals surface area contributed by atoms with Crippen molar-refractivity contribution in [1.29, 1.82) is 0 Å². The van der Waals surface area contributed by atoms with Gasteiger partial charge in [-0.05, 0) is 39.3 Å². The predicted octanol–water partition coefficient (Wildman–Crippen LogP) is 2.65. The summed E-state index contributed by atoms with van der Waals surface area (Å²) in [5, 5.41) is 14.4. The molecule has 0 heterocycles. The molecule has 1 aliphatic rings. The van der Waals surface area contributed by atoms with Gasteiger partial charge in [0.25, 0.3) is 5.69 Å². The van der Waals surface area contributed by atoms with Crippen LogP contribution in [0.4, 0.5) is 5.69 Å². The molecule has 1 aromatic carbocycles. The van der Waals surface area contributed by atoms with E-state index in [1.807, 2.05) is 19.1 Å². The molecule has 110 valence electrons. The first-order valence-electron chi connectivity index (χ1n) is 7.17. The van der Waals surface area contributed by atoms with Crippen molar-refractivity contribution in [2.24, 2.45) is 0 Å². The lowest BCUT2D eigenvalue weighted by molar-refractivity contribution is -0.385. The zero-order valence-corrected chi connectivity index (χ0v) is 12.4. The molecule has 0 saturated heterocycles. The van der Waals surface area contributed by atoms with Gasteiger partial charge in [-0.15, -0.1) is 0 Å². The van der Waals surface area contributed by atoms with Crippen LogP contribution in [-0.4, -0.2) is 36.0 Å². The lowest BCUT2D eigenvalue weighted by Crippen LogP contribution is -2.32. The minimum Gasteiger partial charge on any atom is -0.309 e. The molecule has 2 rings (SSSR count). The maximum Gasteiger partial charge on any atom is 0.272 e. The highest BCUT2D eigenvalue weighted by Gasteiger charge is 2.25. The molecular weight excluding hydrogens is 254 g/mol. The number of aryl methyl sites for hydroxylation is 1. The number of nitrogens with zero attached hydrogens (tertiary/aromatic N) is 2. The van der Waals surface area contributed by atoms with E-state index in [1.165, 1.54) is 12.8 Å². The van der Waals surface area contributed by atoms with Gasteiger partial charge in [0.05, 0.1) is 4.92 Å². The fraction of sp³-hybridized carbons (Fsp3) is 0.600. The van der Waals surface area contributed by atoms with E-state index < -0.39 is 0 Å². The predicted molar refractivity (Wildman–Crippen MR) is 79.9 cm³/mol. The molecule has 5 heteroatoms. The van der Waals surface area contributed by atoms with E-state index in [2.05, 4.69) is 17.3 Å². The molecule has 1 aromatic rings. The summed E-state index contributed by atoms with van der Waals surface area (Å²) in [6, 6.07) is 6.36. The quantitative estimate of drug-likeness (QED) is 0.615. The first-order valence-corrected chi connectivity index (χ1v) is 7.17. The second kappa shape index (κ2) is 6.33. The Kier molecular flexibility index (Phi) is 4.73. The first kappa shape index (κ1) is 14.9. The summed E-state index contributed by atoms with van der Waals surface area (Å²) in [5.41, 5.74) is 1.88. The average molecular weight is 277 g/mol. The lowest BCUT2D eigenvalue weighted by atomic mass is 10.0. The third kappa shape index (κ3) is 3.77. The minimum absolute atomic E-state index is 0.127. The summed E-state index contributed by atoms with van der Waals surface area (Å²) in [6.07, 6.45) is 2.63. The van der Waals surface area contributed by atoms with Gasteiger partial charge in [0.2, 0.25) is 0 Å². The Morgan fingerprint density at radius 3 is 2.80 bits per heavy atom. The van der Waals surface area contributed by atoms with E-state index >= 15 is 0 Å². The van der Waals surface area contributed by atoms with Crippen LogP contribution in [0.5, 0.6) is 0 Å². The van der Waals surface area contributed by atoms with Crippen LogP contribution in [0.1, 0.15) is 36.9 Å². The second-order valence-corrected chi connectivity index (χ2v) is 5.69. The third-order valence-electron chi connectivity index (χ3n) is 4.02. The molecule has 0 aliphatic heterocycles. The van der Waals surface area contributed by atoms with Crippen molar-refractivity contribution >= 4 is 5.69 Å². The van der Waals surface area contributed by atoms with Gasteiger partial charge in [-0.2, -0.15) is 0 Å². The standard InChI is InChI=1S/C15H23N3O2/c1-11-4-5-13(10-15(11)18(19)20)12(2)16-8-9-17(3)14-6-7-14/h4-5,10,12,14,16H,6-9H2,1-3H3. The van der Waals surface area contributed by atoms with E-state index in [4.69, 9.17) is 0 Å². The van der Waals surface area contributed by atoms with Crippen LogP contribution in [0.15, 0.2) is 18.2 Å². The number of hydrogen-bond donors (Lipinski definition) is 1. The molecule has 0 bridgehead atoms. The minimum atomic E-state index is -0.313. The molecule has 20 heavy (non-hydrogen) atoms.